The highest BCUT2D eigenvalue weighted by Gasteiger charge is 2.14. The fourth-order valence-corrected chi connectivity index (χ4v) is 2.05. The molecule has 1 aromatic carbocycles. The molecule has 0 bridgehead atoms. The van der Waals surface area contributed by atoms with Crippen LogP contribution in [0.5, 0.6) is 0 Å². The van der Waals surface area contributed by atoms with Gasteiger partial charge in [0.05, 0.1) is 13.2 Å². The molecule has 4 heteroatoms. The molecular weight excluding hydrogens is 255 g/mol. The first kappa shape index (κ1) is 16.6. The van der Waals surface area contributed by atoms with Crippen molar-refractivity contribution in [3.05, 3.63) is 35.1 Å². The summed E-state index contributed by atoms with van der Waals surface area (Å²) in [6.07, 6.45) is 0. The molecule has 0 fully saturated rings. The highest BCUT2D eigenvalue weighted by atomic mass is 19.1. The van der Waals surface area contributed by atoms with Crippen molar-refractivity contribution in [3.63, 3.8) is 0 Å². The maximum Gasteiger partial charge on any atom is 0.128 e. The number of benzene rings is 1. The van der Waals surface area contributed by atoms with Crippen LogP contribution in [0.15, 0.2) is 18.2 Å². The van der Waals surface area contributed by atoms with Gasteiger partial charge in [-0.25, -0.2) is 4.39 Å². The van der Waals surface area contributed by atoms with E-state index in [1.54, 1.807) is 13.2 Å². The number of likely N-dealkylation sites (N-methyl/N-ethyl adjacent to an activating group) is 1. The molecule has 0 saturated carbocycles. The van der Waals surface area contributed by atoms with E-state index >= 15 is 0 Å². The normalized spacial score (nSPS) is 12.1. The molecule has 0 heterocycles. The largest absolute Gasteiger partial charge is 0.383 e. The van der Waals surface area contributed by atoms with Crippen LogP contribution < -0.4 is 5.73 Å². The first-order valence-corrected chi connectivity index (χ1v) is 6.82. The fourth-order valence-electron chi connectivity index (χ4n) is 2.05. The van der Waals surface area contributed by atoms with E-state index in [1.165, 1.54) is 6.07 Å². The summed E-state index contributed by atoms with van der Waals surface area (Å²) in [4.78, 5) is 2.17. The number of halogens is 1. The van der Waals surface area contributed by atoms with E-state index in [0.29, 0.717) is 24.3 Å². The van der Waals surface area contributed by atoms with Crippen LogP contribution in [-0.2, 0) is 11.3 Å². The van der Waals surface area contributed by atoms with Crippen LogP contribution in [0, 0.1) is 17.7 Å². The van der Waals surface area contributed by atoms with Crippen LogP contribution in [0.1, 0.15) is 25.0 Å². The molecule has 0 aliphatic carbocycles. The molecule has 1 atom stereocenters. The van der Waals surface area contributed by atoms with E-state index in [9.17, 15) is 4.39 Å². The average molecular weight is 278 g/mol. The summed E-state index contributed by atoms with van der Waals surface area (Å²) in [7, 11) is 1.68. The number of ether oxygens (including phenoxy) is 1. The molecular formula is C16H23FN2O. The maximum absolute atomic E-state index is 14.1. The third-order valence-corrected chi connectivity index (χ3v) is 3.20. The van der Waals surface area contributed by atoms with Crippen molar-refractivity contribution >= 4 is 0 Å². The predicted octanol–water partition coefficient (Wildman–Crippen LogP) is 1.99. The lowest BCUT2D eigenvalue weighted by atomic mass is 10.1. The van der Waals surface area contributed by atoms with Crippen LogP contribution in [0.2, 0.25) is 0 Å². The summed E-state index contributed by atoms with van der Waals surface area (Å²) in [5.74, 6) is 5.33. The highest BCUT2D eigenvalue weighted by molar-refractivity contribution is 5.37. The van der Waals surface area contributed by atoms with E-state index in [2.05, 4.69) is 30.6 Å². The molecule has 0 spiro atoms. The number of nitrogens with zero attached hydrogens (tertiary/aromatic N) is 1. The zero-order valence-electron chi connectivity index (χ0n) is 12.4. The van der Waals surface area contributed by atoms with E-state index in [-0.39, 0.29) is 18.4 Å². The van der Waals surface area contributed by atoms with Gasteiger partial charge < -0.3 is 10.5 Å². The second-order valence-corrected chi connectivity index (χ2v) is 4.68. The second-order valence-electron chi connectivity index (χ2n) is 4.68. The summed E-state index contributed by atoms with van der Waals surface area (Å²) in [6.45, 7) is 6.46. The van der Waals surface area contributed by atoms with Gasteiger partial charge in [0, 0.05) is 30.8 Å². The summed E-state index contributed by atoms with van der Waals surface area (Å²) < 4.78 is 19.2. The molecule has 1 aromatic rings. The van der Waals surface area contributed by atoms with Crippen LogP contribution in [-0.4, -0.2) is 37.7 Å². The van der Waals surface area contributed by atoms with Gasteiger partial charge in [0.25, 0.3) is 0 Å². The lowest BCUT2D eigenvalue weighted by Crippen LogP contribution is -2.35. The zero-order valence-corrected chi connectivity index (χ0v) is 12.4. The van der Waals surface area contributed by atoms with Gasteiger partial charge in [-0.2, -0.15) is 0 Å². The van der Waals surface area contributed by atoms with Crippen LogP contribution >= 0.6 is 0 Å². The van der Waals surface area contributed by atoms with Gasteiger partial charge in [0.2, 0.25) is 0 Å². The van der Waals surface area contributed by atoms with Crippen LogP contribution in [0.3, 0.4) is 0 Å². The van der Waals surface area contributed by atoms with E-state index in [4.69, 9.17) is 10.5 Å². The van der Waals surface area contributed by atoms with Gasteiger partial charge in [0.1, 0.15) is 5.82 Å². The Bertz CT molecular complexity index is 479. The average Bonchev–Trinajstić information content (AvgIpc) is 2.44. The Morgan fingerprint density at radius 3 is 2.75 bits per heavy atom. The minimum absolute atomic E-state index is 0.225. The van der Waals surface area contributed by atoms with Gasteiger partial charge in [0.15, 0.2) is 0 Å². The quantitative estimate of drug-likeness (QED) is 0.809. The molecule has 0 aromatic heterocycles. The number of hydrogen-bond acceptors (Lipinski definition) is 3. The Labute approximate surface area is 120 Å². The molecule has 0 amide bonds. The minimum Gasteiger partial charge on any atom is -0.383 e. The van der Waals surface area contributed by atoms with Gasteiger partial charge in [-0.05, 0) is 25.6 Å². The molecule has 20 heavy (non-hydrogen) atoms. The summed E-state index contributed by atoms with van der Waals surface area (Å²) in [5.41, 5.74) is 6.64. The van der Waals surface area contributed by atoms with Crippen molar-refractivity contribution in [1.82, 2.24) is 4.90 Å². The van der Waals surface area contributed by atoms with Crippen molar-refractivity contribution in [2.24, 2.45) is 5.73 Å². The molecule has 0 aliphatic rings. The molecule has 0 saturated heterocycles. The zero-order chi connectivity index (χ0) is 15.0. The lowest BCUT2D eigenvalue weighted by Gasteiger charge is -2.27. The Kier molecular flexibility index (Phi) is 7.24. The summed E-state index contributed by atoms with van der Waals surface area (Å²) in [5, 5.41) is 0. The van der Waals surface area contributed by atoms with Crippen molar-refractivity contribution in [2.75, 3.05) is 26.8 Å². The predicted molar refractivity (Wildman–Crippen MR) is 79.8 cm³/mol. The van der Waals surface area contributed by atoms with Gasteiger partial charge in [-0.3, -0.25) is 4.90 Å². The smallest absolute Gasteiger partial charge is 0.128 e. The first-order valence-electron chi connectivity index (χ1n) is 6.82. The fraction of sp³-hybridized carbons (Fsp3) is 0.500. The Morgan fingerprint density at radius 2 is 2.20 bits per heavy atom. The number of hydrogen-bond donors (Lipinski definition) is 1. The van der Waals surface area contributed by atoms with E-state index in [1.807, 2.05) is 6.07 Å². The molecule has 2 N–H and O–H groups in total. The molecule has 0 radical (unpaired) electrons. The Morgan fingerprint density at radius 1 is 1.45 bits per heavy atom. The number of methoxy groups -OCH3 is 1. The summed E-state index contributed by atoms with van der Waals surface area (Å²) in [6, 6.07) is 5.34. The minimum atomic E-state index is -0.225. The maximum atomic E-state index is 14.1. The van der Waals surface area contributed by atoms with Gasteiger partial charge in [-0.1, -0.05) is 24.8 Å². The van der Waals surface area contributed by atoms with Crippen molar-refractivity contribution < 1.29 is 9.13 Å². The van der Waals surface area contributed by atoms with Crippen LogP contribution in [0.25, 0.3) is 0 Å². The topological polar surface area (TPSA) is 38.5 Å². The van der Waals surface area contributed by atoms with E-state index in [0.717, 1.165) is 6.54 Å². The monoisotopic (exact) mass is 278 g/mol. The van der Waals surface area contributed by atoms with E-state index < -0.39 is 0 Å². The molecule has 1 rings (SSSR count). The standard InChI is InChI=1S/C16H23FN2O/c1-4-19(13(2)12-20-3)11-15-8-7-14(6-5-9-18)10-16(15)17/h7-8,10,13H,4,9,11-12,18H2,1-3H3. The van der Waals surface area contributed by atoms with Crippen molar-refractivity contribution in [2.45, 2.75) is 26.4 Å². The van der Waals surface area contributed by atoms with Gasteiger partial charge >= 0.3 is 0 Å². The highest BCUT2D eigenvalue weighted by Crippen LogP contribution is 2.14. The molecule has 3 nitrogen and oxygen atoms in total. The number of nitrogens with two attached hydrogens (primary N) is 1. The SMILES string of the molecule is CCN(Cc1ccc(C#CCN)cc1F)C(C)COC. The lowest BCUT2D eigenvalue weighted by molar-refractivity contribution is 0.0975. The van der Waals surface area contributed by atoms with Crippen LogP contribution in [0.4, 0.5) is 4.39 Å². The first-order chi connectivity index (χ1) is 9.62. The second kappa shape index (κ2) is 8.70. The molecule has 1 unspecified atom stereocenters. The third-order valence-electron chi connectivity index (χ3n) is 3.20. The molecule has 0 aliphatic heterocycles. The Balaban J connectivity index is 2.81. The summed E-state index contributed by atoms with van der Waals surface area (Å²) >= 11 is 0. The van der Waals surface area contributed by atoms with Gasteiger partial charge in [-0.15, -0.1) is 0 Å². The third kappa shape index (κ3) is 4.93. The van der Waals surface area contributed by atoms with Crippen molar-refractivity contribution in [3.8, 4) is 11.8 Å². The number of rotatable bonds is 6. The van der Waals surface area contributed by atoms with Crippen molar-refractivity contribution in [1.29, 1.82) is 0 Å². The Hall–Kier alpha value is -1.41. The molecule has 110 valence electrons.